The summed E-state index contributed by atoms with van der Waals surface area (Å²) in [4.78, 5) is 5.43. The summed E-state index contributed by atoms with van der Waals surface area (Å²) < 4.78 is 6.10. The number of hydrogen-bond donors (Lipinski definition) is 1. The number of anilines is 1. The number of benzene rings is 1. The van der Waals surface area contributed by atoms with E-state index < -0.39 is 0 Å². The van der Waals surface area contributed by atoms with E-state index in [0.717, 1.165) is 26.4 Å². The number of ether oxygens (including phenoxy) is 1. The lowest BCUT2D eigenvalue weighted by Gasteiger charge is -2.05. The van der Waals surface area contributed by atoms with Crippen LogP contribution < -0.4 is 10.5 Å². The Kier molecular flexibility index (Phi) is 3.16. The molecule has 0 fully saturated rings. The molecule has 16 heavy (non-hydrogen) atoms. The van der Waals surface area contributed by atoms with Crippen molar-refractivity contribution in [1.29, 1.82) is 0 Å². The highest BCUT2D eigenvalue weighted by atomic mass is 79.9. The number of aryl methyl sites for hydroxylation is 1. The van der Waals surface area contributed by atoms with Crippen molar-refractivity contribution in [3.63, 3.8) is 0 Å². The monoisotopic (exact) mass is 298 g/mol. The average Bonchev–Trinajstić information content (AvgIpc) is 2.58. The first-order chi connectivity index (χ1) is 7.61. The number of nitrogen functional groups attached to an aromatic ring is 1. The second-order valence-corrected chi connectivity index (χ2v) is 5.40. The van der Waals surface area contributed by atoms with Crippen molar-refractivity contribution in [2.24, 2.45) is 0 Å². The lowest BCUT2D eigenvalue weighted by Crippen LogP contribution is -1.87. The second-order valence-electron chi connectivity index (χ2n) is 3.31. The van der Waals surface area contributed by atoms with E-state index >= 15 is 0 Å². The molecule has 0 spiro atoms. The van der Waals surface area contributed by atoms with Crippen molar-refractivity contribution in [2.75, 3.05) is 12.8 Å². The Bertz CT molecular complexity index is 525. The minimum atomic E-state index is 0.597. The van der Waals surface area contributed by atoms with Crippen LogP contribution in [0.2, 0.25) is 0 Å². The van der Waals surface area contributed by atoms with Crippen LogP contribution in [0, 0.1) is 6.92 Å². The zero-order valence-electron chi connectivity index (χ0n) is 8.95. The van der Waals surface area contributed by atoms with E-state index in [9.17, 15) is 0 Å². The van der Waals surface area contributed by atoms with Gasteiger partial charge in [-0.3, -0.25) is 0 Å². The fourth-order valence-corrected chi connectivity index (χ4v) is 2.75. The van der Waals surface area contributed by atoms with E-state index in [1.807, 2.05) is 25.1 Å². The van der Waals surface area contributed by atoms with Gasteiger partial charge in [0.25, 0.3) is 0 Å². The van der Waals surface area contributed by atoms with Gasteiger partial charge in [-0.05, 0) is 41.1 Å². The van der Waals surface area contributed by atoms with Crippen LogP contribution in [-0.4, -0.2) is 12.1 Å². The molecule has 84 valence electrons. The third-order valence-corrected chi connectivity index (χ3v) is 3.66. The maximum Gasteiger partial charge on any atom is 0.180 e. The molecule has 0 amide bonds. The minimum absolute atomic E-state index is 0.597. The zero-order chi connectivity index (χ0) is 11.7. The third-order valence-electron chi connectivity index (χ3n) is 2.24. The van der Waals surface area contributed by atoms with Crippen LogP contribution in [0.4, 0.5) is 5.13 Å². The number of nitrogens with two attached hydrogens (primary N) is 1. The van der Waals surface area contributed by atoms with Gasteiger partial charge in [0, 0.05) is 10.4 Å². The first-order valence-electron chi connectivity index (χ1n) is 4.68. The predicted molar refractivity (Wildman–Crippen MR) is 71.0 cm³/mol. The molecular weight excluding hydrogens is 288 g/mol. The normalized spacial score (nSPS) is 10.4. The van der Waals surface area contributed by atoms with Crippen molar-refractivity contribution in [3.8, 4) is 17.0 Å². The van der Waals surface area contributed by atoms with Crippen LogP contribution in [-0.2, 0) is 0 Å². The van der Waals surface area contributed by atoms with Crippen molar-refractivity contribution >= 4 is 32.4 Å². The summed E-state index contributed by atoms with van der Waals surface area (Å²) >= 11 is 4.96. The van der Waals surface area contributed by atoms with Gasteiger partial charge in [0.05, 0.1) is 17.3 Å². The quantitative estimate of drug-likeness (QED) is 0.923. The van der Waals surface area contributed by atoms with Crippen LogP contribution in [0.3, 0.4) is 0 Å². The Hall–Kier alpha value is -1.07. The number of rotatable bonds is 2. The molecule has 2 rings (SSSR count). The average molecular weight is 299 g/mol. The highest BCUT2D eigenvalue weighted by molar-refractivity contribution is 9.10. The molecular formula is C11H11BrN2OS. The maximum absolute atomic E-state index is 5.68. The molecule has 0 unspecified atom stereocenters. The van der Waals surface area contributed by atoms with Crippen molar-refractivity contribution in [1.82, 2.24) is 4.98 Å². The van der Waals surface area contributed by atoms with Crippen molar-refractivity contribution in [3.05, 3.63) is 27.5 Å². The molecule has 0 bridgehead atoms. The molecule has 0 radical (unpaired) electrons. The lowest BCUT2D eigenvalue weighted by atomic mass is 10.1. The summed E-state index contributed by atoms with van der Waals surface area (Å²) in [5, 5.41) is 0.597. The van der Waals surface area contributed by atoms with Crippen molar-refractivity contribution < 1.29 is 4.74 Å². The molecule has 1 aromatic heterocycles. The van der Waals surface area contributed by atoms with E-state index in [0.29, 0.717) is 5.13 Å². The molecule has 0 saturated carbocycles. The van der Waals surface area contributed by atoms with E-state index in [1.165, 1.54) is 11.3 Å². The molecule has 3 nitrogen and oxygen atoms in total. The van der Waals surface area contributed by atoms with E-state index in [-0.39, 0.29) is 0 Å². The molecule has 2 aromatic rings. The van der Waals surface area contributed by atoms with Crippen LogP contribution in [0.25, 0.3) is 11.3 Å². The first kappa shape index (κ1) is 11.4. The van der Waals surface area contributed by atoms with Gasteiger partial charge in [-0.25, -0.2) is 4.98 Å². The lowest BCUT2D eigenvalue weighted by molar-refractivity contribution is 0.412. The summed E-state index contributed by atoms with van der Waals surface area (Å²) in [5.74, 6) is 0.810. The number of methoxy groups -OCH3 is 1. The Labute approximate surface area is 106 Å². The fourth-order valence-electron chi connectivity index (χ4n) is 1.50. The Morgan fingerprint density at radius 2 is 2.19 bits per heavy atom. The van der Waals surface area contributed by atoms with E-state index in [4.69, 9.17) is 10.5 Å². The second kappa shape index (κ2) is 4.43. The smallest absolute Gasteiger partial charge is 0.180 e. The summed E-state index contributed by atoms with van der Waals surface area (Å²) in [5.41, 5.74) is 7.66. The molecule has 0 aliphatic carbocycles. The first-order valence-corrected chi connectivity index (χ1v) is 6.29. The minimum Gasteiger partial charge on any atom is -0.496 e. The Balaban J connectivity index is 2.49. The molecule has 0 atom stereocenters. The predicted octanol–water partition coefficient (Wildman–Crippen LogP) is 3.47. The van der Waals surface area contributed by atoms with Gasteiger partial charge in [-0.1, -0.05) is 0 Å². The van der Waals surface area contributed by atoms with Crippen molar-refractivity contribution in [2.45, 2.75) is 6.92 Å². The van der Waals surface area contributed by atoms with Gasteiger partial charge in [0.15, 0.2) is 5.13 Å². The third kappa shape index (κ3) is 2.05. The molecule has 1 heterocycles. The van der Waals surface area contributed by atoms with Gasteiger partial charge in [-0.2, -0.15) is 0 Å². The standard InChI is InChI=1S/C11H11BrN2OS/c1-6-10(14-11(13)16-6)7-3-4-9(15-2)8(12)5-7/h3-5H,1-2H3,(H2,13,14). The summed E-state index contributed by atoms with van der Waals surface area (Å²) in [7, 11) is 1.64. The van der Waals surface area contributed by atoms with Gasteiger partial charge in [-0.15, -0.1) is 11.3 Å². The maximum atomic E-state index is 5.68. The zero-order valence-corrected chi connectivity index (χ0v) is 11.4. The number of halogens is 1. The topological polar surface area (TPSA) is 48.1 Å². The molecule has 0 aliphatic rings. The van der Waals surface area contributed by atoms with E-state index in [2.05, 4.69) is 20.9 Å². The Morgan fingerprint density at radius 3 is 2.69 bits per heavy atom. The summed E-state index contributed by atoms with van der Waals surface area (Å²) in [6, 6.07) is 5.87. The van der Waals surface area contributed by atoms with Crippen LogP contribution in [0.15, 0.2) is 22.7 Å². The summed E-state index contributed by atoms with van der Waals surface area (Å²) in [6.07, 6.45) is 0. The molecule has 0 saturated heterocycles. The van der Waals surface area contributed by atoms with Crippen LogP contribution in [0.1, 0.15) is 4.88 Å². The van der Waals surface area contributed by atoms with Crippen LogP contribution in [0.5, 0.6) is 5.75 Å². The molecule has 0 aliphatic heterocycles. The highest BCUT2D eigenvalue weighted by Crippen LogP contribution is 2.33. The van der Waals surface area contributed by atoms with Crippen LogP contribution >= 0.6 is 27.3 Å². The molecule has 5 heteroatoms. The molecule has 1 aromatic carbocycles. The number of thiazole rings is 1. The highest BCUT2D eigenvalue weighted by Gasteiger charge is 2.10. The number of nitrogens with zero attached hydrogens (tertiary/aromatic N) is 1. The fraction of sp³-hybridized carbons (Fsp3) is 0.182. The number of aromatic nitrogens is 1. The van der Waals surface area contributed by atoms with Gasteiger partial charge < -0.3 is 10.5 Å². The largest absolute Gasteiger partial charge is 0.496 e. The van der Waals surface area contributed by atoms with E-state index in [1.54, 1.807) is 7.11 Å². The van der Waals surface area contributed by atoms with Gasteiger partial charge in [0.1, 0.15) is 5.75 Å². The SMILES string of the molecule is COc1ccc(-c2nc(N)sc2C)cc1Br. The summed E-state index contributed by atoms with van der Waals surface area (Å²) in [6.45, 7) is 2.02. The van der Waals surface area contributed by atoms with Gasteiger partial charge >= 0.3 is 0 Å². The van der Waals surface area contributed by atoms with Gasteiger partial charge in [0.2, 0.25) is 0 Å². The molecule has 2 N–H and O–H groups in total. The number of hydrogen-bond acceptors (Lipinski definition) is 4. The Morgan fingerprint density at radius 1 is 1.44 bits per heavy atom.